The van der Waals surface area contributed by atoms with Gasteiger partial charge < -0.3 is 14.7 Å². The number of rotatable bonds is 7. The maximum atomic E-state index is 12.8. The van der Waals surface area contributed by atoms with E-state index in [1.807, 2.05) is 19.9 Å². The van der Waals surface area contributed by atoms with Crippen LogP contribution in [0.1, 0.15) is 44.0 Å². The lowest BCUT2D eigenvalue weighted by atomic mass is 10.1. The number of aliphatic carboxylic acids is 1. The molecule has 1 fully saturated rings. The van der Waals surface area contributed by atoms with Crippen molar-refractivity contribution in [3.63, 3.8) is 0 Å². The first-order chi connectivity index (χ1) is 10.8. The number of halogens is 1. The summed E-state index contributed by atoms with van der Waals surface area (Å²) in [4.78, 5) is 25.6. The van der Waals surface area contributed by atoms with Gasteiger partial charge in [0.1, 0.15) is 5.75 Å². The van der Waals surface area contributed by atoms with Gasteiger partial charge in [-0.1, -0.05) is 22.9 Å². The predicted octanol–water partition coefficient (Wildman–Crippen LogP) is 3.56. The van der Waals surface area contributed by atoms with Crippen LogP contribution in [-0.4, -0.2) is 40.6 Å². The fraction of sp³-hybridized carbons (Fsp3) is 0.529. The summed E-state index contributed by atoms with van der Waals surface area (Å²) in [6.45, 7) is 5.70. The number of carbonyl (C=O) groups is 2. The molecule has 0 aromatic heterocycles. The molecule has 1 unspecified atom stereocenters. The first-order valence-electron chi connectivity index (χ1n) is 7.79. The monoisotopic (exact) mass is 383 g/mol. The molecule has 1 amide bonds. The van der Waals surface area contributed by atoms with E-state index >= 15 is 0 Å². The summed E-state index contributed by atoms with van der Waals surface area (Å²) >= 11 is 3.40. The van der Waals surface area contributed by atoms with Crippen molar-refractivity contribution in [3.05, 3.63) is 28.2 Å². The molecule has 1 N–H and O–H groups in total. The first kappa shape index (κ1) is 17.8. The van der Waals surface area contributed by atoms with Gasteiger partial charge in [-0.3, -0.25) is 9.59 Å². The van der Waals surface area contributed by atoms with Gasteiger partial charge in [-0.25, -0.2) is 0 Å². The number of amides is 1. The van der Waals surface area contributed by atoms with Gasteiger partial charge in [0, 0.05) is 22.6 Å². The molecule has 2 rings (SSSR count). The van der Waals surface area contributed by atoms with Crippen molar-refractivity contribution < 1.29 is 19.4 Å². The lowest BCUT2D eigenvalue weighted by Crippen LogP contribution is -2.38. The summed E-state index contributed by atoms with van der Waals surface area (Å²) < 4.78 is 6.43. The molecule has 0 bridgehead atoms. The topological polar surface area (TPSA) is 66.8 Å². The average molecular weight is 384 g/mol. The van der Waals surface area contributed by atoms with Gasteiger partial charge in [0.05, 0.1) is 12.0 Å². The Morgan fingerprint density at radius 2 is 1.96 bits per heavy atom. The lowest BCUT2D eigenvalue weighted by Gasteiger charge is -2.25. The molecule has 1 aliphatic carbocycles. The van der Waals surface area contributed by atoms with Gasteiger partial charge in [-0.15, -0.1) is 0 Å². The number of hydrogen-bond acceptors (Lipinski definition) is 3. The summed E-state index contributed by atoms with van der Waals surface area (Å²) in [7, 11) is 0. The number of carboxylic acid groups (broad SMARTS) is 1. The molecular formula is C17H22BrNO4. The second-order valence-corrected chi connectivity index (χ2v) is 7.19. The van der Waals surface area contributed by atoms with Crippen molar-refractivity contribution >= 4 is 27.8 Å². The standard InChI is InChI=1S/C17H22BrNO4/c1-10(2)23-15-7-12(6-13(18)8-15)16(20)19(14-4-5-14)9-11(3)17(21)22/h6-8,10-11,14H,4-5,9H2,1-3H3,(H,21,22). The number of hydrogen-bond donors (Lipinski definition) is 1. The van der Waals surface area contributed by atoms with E-state index in [4.69, 9.17) is 9.84 Å². The molecule has 0 spiro atoms. The average Bonchev–Trinajstić information content (AvgIpc) is 3.26. The van der Waals surface area contributed by atoms with E-state index in [0.29, 0.717) is 11.3 Å². The summed E-state index contributed by atoms with van der Waals surface area (Å²) in [5.74, 6) is -0.991. The predicted molar refractivity (Wildman–Crippen MR) is 90.8 cm³/mol. The molecule has 1 aromatic carbocycles. The Balaban J connectivity index is 2.22. The van der Waals surface area contributed by atoms with E-state index in [1.54, 1.807) is 24.0 Å². The normalized spacial score (nSPS) is 15.3. The zero-order chi connectivity index (χ0) is 17.1. The number of carbonyl (C=O) groups excluding carboxylic acids is 1. The van der Waals surface area contributed by atoms with Crippen LogP contribution in [0.15, 0.2) is 22.7 Å². The van der Waals surface area contributed by atoms with Crippen LogP contribution in [0, 0.1) is 5.92 Å². The Morgan fingerprint density at radius 1 is 1.30 bits per heavy atom. The molecule has 126 valence electrons. The third-order valence-corrected chi connectivity index (χ3v) is 4.09. The highest BCUT2D eigenvalue weighted by molar-refractivity contribution is 9.10. The molecule has 1 aliphatic rings. The number of nitrogens with zero attached hydrogens (tertiary/aromatic N) is 1. The van der Waals surface area contributed by atoms with E-state index in [2.05, 4.69) is 15.9 Å². The Bertz CT molecular complexity index is 598. The second-order valence-electron chi connectivity index (χ2n) is 6.27. The van der Waals surface area contributed by atoms with Crippen LogP contribution in [0.3, 0.4) is 0 Å². The number of carboxylic acids is 1. The zero-order valence-corrected chi connectivity index (χ0v) is 15.2. The Hall–Kier alpha value is -1.56. The van der Waals surface area contributed by atoms with Crippen LogP contribution in [0.4, 0.5) is 0 Å². The maximum Gasteiger partial charge on any atom is 0.308 e. The molecule has 0 saturated heterocycles. The van der Waals surface area contributed by atoms with Gasteiger partial charge in [0.25, 0.3) is 5.91 Å². The second kappa shape index (κ2) is 7.34. The third kappa shape index (κ3) is 4.96. The molecule has 0 radical (unpaired) electrons. The van der Waals surface area contributed by atoms with Gasteiger partial charge >= 0.3 is 5.97 Å². The SMILES string of the molecule is CC(C)Oc1cc(Br)cc(C(=O)N(CC(C)C(=O)O)C2CC2)c1. The van der Waals surface area contributed by atoms with Gasteiger partial charge in [-0.05, 0) is 44.9 Å². The van der Waals surface area contributed by atoms with E-state index in [9.17, 15) is 9.59 Å². The van der Waals surface area contributed by atoms with Gasteiger partial charge in [-0.2, -0.15) is 0 Å². The molecular weight excluding hydrogens is 362 g/mol. The molecule has 1 saturated carbocycles. The zero-order valence-electron chi connectivity index (χ0n) is 13.6. The fourth-order valence-electron chi connectivity index (χ4n) is 2.35. The summed E-state index contributed by atoms with van der Waals surface area (Å²) in [5.41, 5.74) is 0.513. The van der Waals surface area contributed by atoms with Crippen molar-refractivity contribution in [1.82, 2.24) is 4.90 Å². The molecule has 0 heterocycles. The minimum absolute atomic E-state index is 0.0128. The van der Waals surface area contributed by atoms with Gasteiger partial charge in [0.2, 0.25) is 0 Å². The van der Waals surface area contributed by atoms with Crippen LogP contribution in [0.5, 0.6) is 5.75 Å². The summed E-state index contributed by atoms with van der Waals surface area (Å²) in [6.07, 6.45) is 1.88. The highest BCUT2D eigenvalue weighted by Gasteiger charge is 2.35. The Morgan fingerprint density at radius 3 is 2.48 bits per heavy atom. The maximum absolute atomic E-state index is 12.8. The van der Waals surface area contributed by atoms with E-state index in [1.165, 1.54) is 0 Å². The van der Waals surface area contributed by atoms with Crippen LogP contribution in [0.25, 0.3) is 0 Å². The van der Waals surface area contributed by atoms with E-state index in [0.717, 1.165) is 17.3 Å². The van der Waals surface area contributed by atoms with Crippen molar-refractivity contribution in [2.24, 2.45) is 5.92 Å². The minimum atomic E-state index is -0.887. The van der Waals surface area contributed by atoms with Crippen LogP contribution in [0.2, 0.25) is 0 Å². The van der Waals surface area contributed by atoms with Crippen LogP contribution >= 0.6 is 15.9 Å². The van der Waals surface area contributed by atoms with Crippen molar-refractivity contribution in [3.8, 4) is 5.75 Å². The Labute approximate surface area is 144 Å². The number of benzene rings is 1. The fourth-order valence-corrected chi connectivity index (χ4v) is 2.82. The lowest BCUT2D eigenvalue weighted by molar-refractivity contribution is -0.141. The van der Waals surface area contributed by atoms with E-state index < -0.39 is 11.9 Å². The van der Waals surface area contributed by atoms with Crippen molar-refractivity contribution in [2.45, 2.75) is 45.8 Å². The first-order valence-corrected chi connectivity index (χ1v) is 8.58. The molecule has 23 heavy (non-hydrogen) atoms. The summed E-state index contributed by atoms with van der Waals surface area (Å²) in [5, 5.41) is 9.11. The van der Waals surface area contributed by atoms with Crippen LogP contribution in [-0.2, 0) is 4.79 Å². The van der Waals surface area contributed by atoms with Gasteiger partial charge in [0.15, 0.2) is 0 Å². The molecule has 6 heteroatoms. The molecule has 1 aromatic rings. The number of ether oxygens (including phenoxy) is 1. The van der Waals surface area contributed by atoms with Crippen molar-refractivity contribution in [1.29, 1.82) is 0 Å². The van der Waals surface area contributed by atoms with E-state index in [-0.39, 0.29) is 24.6 Å². The third-order valence-electron chi connectivity index (χ3n) is 3.63. The highest BCUT2D eigenvalue weighted by Crippen LogP contribution is 2.31. The smallest absolute Gasteiger partial charge is 0.308 e. The minimum Gasteiger partial charge on any atom is -0.491 e. The highest BCUT2D eigenvalue weighted by atomic mass is 79.9. The van der Waals surface area contributed by atoms with Crippen LogP contribution < -0.4 is 4.74 Å². The molecule has 0 aliphatic heterocycles. The largest absolute Gasteiger partial charge is 0.491 e. The Kier molecular flexibility index (Phi) is 5.68. The molecule has 1 atom stereocenters. The molecule has 5 nitrogen and oxygen atoms in total. The summed E-state index contributed by atoms with van der Waals surface area (Å²) in [6, 6.07) is 5.43. The van der Waals surface area contributed by atoms with Crippen molar-refractivity contribution in [2.75, 3.05) is 6.54 Å². The quantitative estimate of drug-likeness (QED) is 0.781.